The zero-order valence-corrected chi connectivity index (χ0v) is 14.1. The maximum absolute atomic E-state index is 11.8. The van der Waals surface area contributed by atoms with E-state index in [4.69, 9.17) is 9.84 Å². The van der Waals surface area contributed by atoms with Crippen LogP contribution in [0.1, 0.15) is 29.6 Å². The second-order valence-electron chi connectivity index (χ2n) is 6.11. The number of benzene rings is 1. The Morgan fingerprint density at radius 2 is 1.92 bits per heavy atom. The topological polar surface area (TPSA) is 72.6 Å². The molecule has 1 aliphatic rings. The SMILES string of the molecule is COC(=O)c1cccc(-c2nnc3ccc(N4CCCCC4)nn23)c1. The lowest BCUT2D eigenvalue weighted by Crippen LogP contribution is -2.30. The molecule has 0 unspecified atom stereocenters. The average Bonchev–Trinajstić information content (AvgIpc) is 3.11. The van der Waals surface area contributed by atoms with Gasteiger partial charge in [0.15, 0.2) is 11.5 Å². The maximum Gasteiger partial charge on any atom is 0.337 e. The van der Waals surface area contributed by atoms with Crippen LogP contribution in [0.2, 0.25) is 0 Å². The summed E-state index contributed by atoms with van der Waals surface area (Å²) in [5.41, 5.74) is 1.93. The van der Waals surface area contributed by atoms with E-state index in [0.717, 1.165) is 24.5 Å². The number of hydrogen-bond acceptors (Lipinski definition) is 6. The molecule has 0 radical (unpaired) electrons. The average molecular weight is 337 g/mol. The van der Waals surface area contributed by atoms with E-state index in [1.54, 1.807) is 22.7 Å². The molecule has 1 fully saturated rings. The fourth-order valence-electron chi connectivity index (χ4n) is 3.15. The molecule has 0 amide bonds. The predicted molar refractivity (Wildman–Crippen MR) is 93.6 cm³/mol. The molecule has 1 aliphatic heterocycles. The fraction of sp³-hybridized carbons (Fsp3) is 0.333. The van der Waals surface area contributed by atoms with Gasteiger partial charge in [0.05, 0.1) is 12.7 Å². The van der Waals surface area contributed by atoms with Crippen LogP contribution in [0.15, 0.2) is 36.4 Å². The minimum Gasteiger partial charge on any atom is -0.465 e. The quantitative estimate of drug-likeness (QED) is 0.684. The minimum absolute atomic E-state index is 0.377. The maximum atomic E-state index is 11.8. The molecule has 3 heterocycles. The summed E-state index contributed by atoms with van der Waals surface area (Å²) in [6.45, 7) is 2.04. The zero-order valence-electron chi connectivity index (χ0n) is 14.1. The molecule has 1 saturated heterocycles. The van der Waals surface area contributed by atoms with E-state index in [9.17, 15) is 4.79 Å². The van der Waals surface area contributed by atoms with Crippen LogP contribution in [0.4, 0.5) is 5.82 Å². The zero-order chi connectivity index (χ0) is 17.2. The Hall–Kier alpha value is -2.96. The molecular weight excluding hydrogens is 318 g/mol. The van der Waals surface area contributed by atoms with E-state index in [1.165, 1.54) is 26.4 Å². The van der Waals surface area contributed by atoms with Gasteiger partial charge < -0.3 is 9.64 Å². The van der Waals surface area contributed by atoms with E-state index in [1.807, 2.05) is 18.2 Å². The van der Waals surface area contributed by atoms with Gasteiger partial charge in [-0.2, -0.15) is 4.52 Å². The Bertz CT molecular complexity index is 915. The number of rotatable bonds is 3. The van der Waals surface area contributed by atoms with Gasteiger partial charge in [-0.15, -0.1) is 15.3 Å². The van der Waals surface area contributed by atoms with Crippen molar-refractivity contribution in [2.24, 2.45) is 0 Å². The minimum atomic E-state index is -0.377. The van der Waals surface area contributed by atoms with Crippen LogP contribution in [-0.4, -0.2) is 46.0 Å². The van der Waals surface area contributed by atoms with Crippen molar-refractivity contribution in [1.29, 1.82) is 0 Å². The molecule has 7 nitrogen and oxygen atoms in total. The molecule has 25 heavy (non-hydrogen) atoms. The van der Waals surface area contributed by atoms with Gasteiger partial charge in [0.1, 0.15) is 5.82 Å². The smallest absolute Gasteiger partial charge is 0.337 e. The van der Waals surface area contributed by atoms with Gasteiger partial charge in [0, 0.05) is 18.7 Å². The lowest BCUT2D eigenvalue weighted by Gasteiger charge is -2.27. The van der Waals surface area contributed by atoms with Crippen molar-refractivity contribution in [3.8, 4) is 11.4 Å². The number of fused-ring (bicyclic) bond motifs is 1. The van der Waals surface area contributed by atoms with Crippen molar-refractivity contribution in [2.45, 2.75) is 19.3 Å². The van der Waals surface area contributed by atoms with Crippen LogP contribution >= 0.6 is 0 Å². The molecule has 128 valence electrons. The molecule has 0 N–H and O–H groups in total. The van der Waals surface area contributed by atoms with Crippen molar-refractivity contribution in [1.82, 2.24) is 19.8 Å². The predicted octanol–water partition coefficient (Wildman–Crippen LogP) is 2.57. The first-order chi connectivity index (χ1) is 12.3. The highest BCUT2D eigenvalue weighted by atomic mass is 16.5. The molecule has 4 rings (SSSR count). The normalized spacial score (nSPS) is 14.7. The lowest BCUT2D eigenvalue weighted by molar-refractivity contribution is 0.0601. The highest BCUT2D eigenvalue weighted by molar-refractivity contribution is 5.90. The number of carbonyl (C=O) groups is 1. The first-order valence-corrected chi connectivity index (χ1v) is 8.42. The molecule has 0 bridgehead atoms. The van der Waals surface area contributed by atoms with Crippen molar-refractivity contribution >= 4 is 17.4 Å². The number of anilines is 1. The molecule has 2 aromatic heterocycles. The molecule has 7 heteroatoms. The summed E-state index contributed by atoms with van der Waals surface area (Å²) >= 11 is 0. The second-order valence-corrected chi connectivity index (χ2v) is 6.11. The van der Waals surface area contributed by atoms with Gasteiger partial charge in [-0.25, -0.2) is 4.79 Å². The molecular formula is C18H19N5O2. The third kappa shape index (κ3) is 2.93. The molecule has 1 aromatic carbocycles. The van der Waals surface area contributed by atoms with Crippen LogP contribution in [-0.2, 0) is 4.74 Å². The van der Waals surface area contributed by atoms with E-state index in [0.29, 0.717) is 17.0 Å². The van der Waals surface area contributed by atoms with Crippen LogP contribution in [0.25, 0.3) is 17.0 Å². The summed E-state index contributed by atoms with van der Waals surface area (Å²) in [5, 5.41) is 13.2. The fourth-order valence-corrected chi connectivity index (χ4v) is 3.15. The number of hydrogen-bond donors (Lipinski definition) is 0. The number of aromatic nitrogens is 4. The Kier molecular flexibility index (Phi) is 4.05. The van der Waals surface area contributed by atoms with E-state index >= 15 is 0 Å². The third-order valence-corrected chi connectivity index (χ3v) is 4.47. The molecule has 0 aliphatic carbocycles. The molecule has 3 aromatic rings. The van der Waals surface area contributed by atoms with Crippen LogP contribution in [0, 0.1) is 0 Å². The summed E-state index contributed by atoms with van der Waals surface area (Å²) < 4.78 is 6.53. The first kappa shape index (κ1) is 15.6. The van der Waals surface area contributed by atoms with Crippen molar-refractivity contribution in [3.05, 3.63) is 42.0 Å². The summed E-state index contributed by atoms with van der Waals surface area (Å²) in [6, 6.07) is 11.1. The Balaban J connectivity index is 1.76. The number of carbonyl (C=O) groups excluding carboxylic acids is 1. The monoisotopic (exact) mass is 337 g/mol. The number of piperidine rings is 1. The summed E-state index contributed by atoms with van der Waals surface area (Å²) in [5.74, 6) is 1.16. The van der Waals surface area contributed by atoms with Gasteiger partial charge in [0.25, 0.3) is 0 Å². The van der Waals surface area contributed by atoms with Crippen LogP contribution in [0.3, 0.4) is 0 Å². The third-order valence-electron chi connectivity index (χ3n) is 4.47. The summed E-state index contributed by atoms with van der Waals surface area (Å²) in [6.07, 6.45) is 3.66. The van der Waals surface area contributed by atoms with E-state index in [-0.39, 0.29) is 5.97 Å². The molecule has 0 saturated carbocycles. The molecule has 0 atom stereocenters. The van der Waals surface area contributed by atoms with Crippen LogP contribution in [0.5, 0.6) is 0 Å². The highest BCUT2D eigenvalue weighted by Gasteiger charge is 2.16. The van der Waals surface area contributed by atoms with Gasteiger partial charge in [-0.05, 0) is 43.5 Å². The van der Waals surface area contributed by atoms with Gasteiger partial charge >= 0.3 is 5.97 Å². The number of nitrogens with zero attached hydrogens (tertiary/aromatic N) is 5. The number of esters is 1. The van der Waals surface area contributed by atoms with Gasteiger partial charge in [-0.1, -0.05) is 12.1 Å². The summed E-state index contributed by atoms with van der Waals surface area (Å²) in [4.78, 5) is 14.1. The second kappa shape index (κ2) is 6.51. The van der Waals surface area contributed by atoms with Gasteiger partial charge in [-0.3, -0.25) is 0 Å². The lowest BCUT2D eigenvalue weighted by atomic mass is 10.1. The van der Waals surface area contributed by atoms with E-state index in [2.05, 4.69) is 15.1 Å². The van der Waals surface area contributed by atoms with Crippen LogP contribution < -0.4 is 4.90 Å². The van der Waals surface area contributed by atoms with E-state index < -0.39 is 0 Å². The summed E-state index contributed by atoms with van der Waals surface area (Å²) in [7, 11) is 1.37. The Labute approximate surface area is 145 Å². The highest BCUT2D eigenvalue weighted by Crippen LogP contribution is 2.22. The van der Waals surface area contributed by atoms with Gasteiger partial charge in [0.2, 0.25) is 0 Å². The first-order valence-electron chi connectivity index (χ1n) is 8.42. The van der Waals surface area contributed by atoms with Crippen molar-refractivity contribution < 1.29 is 9.53 Å². The molecule has 0 spiro atoms. The Morgan fingerprint density at radius 1 is 1.08 bits per heavy atom. The number of methoxy groups -OCH3 is 1. The Morgan fingerprint density at radius 3 is 2.72 bits per heavy atom. The number of ether oxygens (including phenoxy) is 1. The standard InChI is InChI=1S/C18H19N5O2/c1-25-18(24)14-7-5-6-13(12-14)17-20-19-15-8-9-16(21-23(15)17)22-10-3-2-4-11-22/h5-9,12H,2-4,10-11H2,1H3. The largest absolute Gasteiger partial charge is 0.465 e. The van der Waals surface area contributed by atoms with Crippen molar-refractivity contribution in [3.63, 3.8) is 0 Å². The van der Waals surface area contributed by atoms with Crippen molar-refractivity contribution in [2.75, 3.05) is 25.1 Å².